The monoisotopic (exact) mass is 470 g/mol. The summed E-state index contributed by atoms with van der Waals surface area (Å²) in [4.78, 5) is 17.9. The van der Waals surface area contributed by atoms with Gasteiger partial charge in [-0.15, -0.1) is 5.10 Å². The highest BCUT2D eigenvalue weighted by molar-refractivity contribution is 7.99. The lowest BCUT2D eigenvalue weighted by Gasteiger charge is -2.09. The molecule has 10 heteroatoms. The van der Waals surface area contributed by atoms with E-state index in [9.17, 15) is 4.79 Å². The van der Waals surface area contributed by atoms with E-state index in [1.54, 1.807) is 4.52 Å². The van der Waals surface area contributed by atoms with E-state index >= 15 is 0 Å². The van der Waals surface area contributed by atoms with Crippen LogP contribution in [0.15, 0.2) is 89.0 Å². The van der Waals surface area contributed by atoms with Crippen LogP contribution in [0.25, 0.3) is 5.52 Å². The Morgan fingerprint density at radius 2 is 1.85 bits per heavy atom. The highest BCUT2D eigenvalue weighted by Crippen LogP contribution is 2.28. The highest BCUT2D eigenvalue weighted by Gasteiger charge is 2.11. The van der Waals surface area contributed by atoms with Crippen LogP contribution < -0.4 is 16.0 Å². The van der Waals surface area contributed by atoms with E-state index < -0.39 is 0 Å². The SMILES string of the molecule is Cc1cc(Nc2nc(Sc3ccc(NC(=O)CNc4ccccc4)cc3)nn3cccc23)n[nH]1. The molecule has 4 N–H and O–H groups in total. The second kappa shape index (κ2) is 9.67. The Balaban J connectivity index is 1.24. The standard InChI is InChI=1S/C24H22N8OS/c1-16-14-21(30-29-16)27-23-20-8-5-13-32(20)31-24(28-23)34-19-11-9-18(10-12-19)26-22(33)15-25-17-6-3-2-4-7-17/h2-14,25H,15H2,1H3,(H,26,33)(H2,27,28,29,30,31). The molecule has 1 amide bonds. The van der Waals surface area contributed by atoms with E-state index in [0.717, 1.165) is 27.5 Å². The molecule has 0 saturated heterocycles. The number of aromatic nitrogens is 5. The first-order chi connectivity index (χ1) is 16.6. The average molecular weight is 471 g/mol. The molecule has 170 valence electrons. The van der Waals surface area contributed by atoms with Crippen molar-refractivity contribution >= 4 is 46.2 Å². The molecular formula is C24H22N8OS. The van der Waals surface area contributed by atoms with Gasteiger partial charge in [0.15, 0.2) is 11.6 Å². The van der Waals surface area contributed by atoms with Crippen molar-refractivity contribution in [2.45, 2.75) is 17.0 Å². The van der Waals surface area contributed by atoms with Crippen LogP contribution in [0, 0.1) is 6.92 Å². The molecule has 0 atom stereocenters. The first-order valence-corrected chi connectivity index (χ1v) is 11.5. The number of nitrogens with one attached hydrogen (secondary N) is 4. The van der Waals surface area contributed by atoms with Crippen molar-refractivity contribution in [2.75, 3.05) is 22.5 Å². The smallest absolute Gasteiger partial charge is 0.243 e. The Bertz CT molecular complexity index is 1410. The molecule has 0 spiro atoms. The van der Waals surface area contributed by atoms with Gasteiger partial charge in [-0.3, -0.25) is 9.89 Å². The van der Waals surface area contributed by atoms with Crippen LogP contribution in [0.3, 0.4) is 0 Å². The van der Waals surface area contributed by atoms with Gasteiger partial charge < -0.3 is 16.0 Å². The molecule has 34 heavy (non-hydrogen) atoms. The van der Waals surface area contributed by atoms with Crippen LogP contribution in [0.1, 0.15) is 5.69 Å². The number of hydrogen-bond acceptors (Lipinski definition) is 7. The number of rotatable bonds is 8. The lowest BCUT2D eigenvalue weighted by molar-refractivity contribution is -0.114. The number of nitrogens with zero attached hydrogens (tertiary/aromatic N) is 4. The van der Waals surface area contributed by atoms with Crippen molar-refractivity contribution in [3.05, 3.63) is 84.7 Å². The number of hydrogen-bond donors (Lipinski definition) is 4. The van der Waals surface area contributed by atoms with Crippen LogP contribution in [0.5, 0.6) is 0 Å². The molecule has 0 aliphatic heterocycles. The topological polar surface area (TPSA) is 112 Å². The molecule has 0 radical (unpaired) electrons. The molecule has 0 aliphatic carbocycles. The molecule has 0 unspecified atom stereocenters. The molecule has 3 aromatic heterocycles. The van der Waals surface area contributed by atoms with Gasteiger partial charge in [-0.05, 0) is 67.2 Å². The van der Waals surface area contributed by atoms with Crippen molar-refractivity contribution in [3.63, 3.8) is 0 Å². The second-order valence-corrected chi connectivity index (χ2v) is 8.58. The molecule has 0 fully saturated rings. The maximum absolute atomic E-state index is 12.2. The molecule has 3 heterocycles. The summed E-state index contributed by atoms with van der Waals surface area (Å²) >= 11 is 1.43. The minimum Gasteiger partial charge on any atom is -0.376 e. The zero-order valence-electron chi connectivity index (χ0n) is 18.3. The molecule has 0 aliphatic rings. The summed E-state index contributed by atoms with van der Waals surface area (Å²) < 4.78 is 1.78. The van der Waals surface area contributed by atoms with Crippen LogP contribution >= 0.6 is 11.8 Å². The molecule has 0 bridgehead atoms. The van der Waals surface area contributed by atoms with E-state index in [-0.39, 0.29) is 12.5 Å². The maximum atomic E-state index is 12.2. The van der Waals surface area contributed by atoms with Gasteiger partial charge >= 0.3 is 0 Å². The summed E-state index contributed by atoms with van der Waals surface area (Å²) in [5.41, 5.74) is 3.44. The molecule has 0 saturated carbocycles. The van der Waals surface area contributed by atoms with Gasteiger partial charge in [0.05, 0.1) is 6.54 Å². The van der Waals surface area contributed by atoms with Crippen LogP contribution in [-0.2, 0) is 4.79 Å². The van der Waals surface area contributed by atoms with Gasteiger partial charge in [0.25, 0.3) is 0 Å². The lowest BCUT2D eigenvalue weighted by atomic mass is 10.3. The Hall–Kier alpha value is -4.31. The molecule has 9 nitrogen and oxygen atoms in total. The van der Waals surface area contributed by atoms with E-state index in [1.165, 1.54) is 11.8 Å². The van der Waals surface area contributed by atoms with Crippen LogP contribution in [0.2, 0.25) is 0 Å². The summed E-state index contributed by atoms with van der Waals surface area (Å²) in [7, 11) is 0. The van der Waals surface area contributed by atoms with Gasteiger partial charge in [0.2, 0.25) is 11.1 Å². The van der Waals surface area contributed by atoms with Crippen molar-refractivity contribution in [1.29, 1.82) is 0 Å². The number of carbonyl (C=O) groups is 1. The van der Waals surface area contributed by atoms with Crippen LogP contribution in [-0.4, -0.2) is 37.2 Å². The minimum absolute atomic E-state index is 0.116. The number of anilines is 4. The second-order valence-electron chi connectivity index (χ2n) is 7.54. The lowest BCUT2D eigenvalue weighted by Crippen LogP contribution is -2.21. The number of aromatic amines is 1. The Kier molecular flexibility index (Phi) is 6.13. The fourth-order valence-corrected chi connectivity index (χ4v) is 4.06. The number of fused-ring (bicyclic) bond motifs is 1. The first kappa shape index (κ1) is 21.5. The number of para-hydroxylation sites is 1. The fraction of sp³-hybridized carbons (Fsp3) is 0.0833. The maximum Gasteiger partial charge on any atom is 0.243 e. The normalized spacial score (nSPS) is 10.9. The molecule has 2 aromatic carbocycles. The number of benzene rings is 2. The number of H-pyrrole nitrogens is 1. The van der Waals surface area contributed by atoms with Crippen molar-refractivity contribution in [1.82, 2.24) is 24.8 Å². The van der Waals surface area contributed by atoms with Gasteiger partial charge in [-0.2, -0.15) is 5.10 Å². The van der Waals surface area contributed by atoms with Crippen molar-refractivity contribution in [3.8, 4) is 0 Å². The van der Waals surface area contributed by atoms with Gasteiger partial charge in [-0.1, -0.05) is 18.2 Å². The predicted octanol–water partition coefficient (Wildman–Crippen LogP) is 4.71. The Morgan fingerprint density at radius 1 is 1.03 bits per heavy atom. The Labute approximate surface area is 200 Å². The number of amides is 1. The third kappa shape index (κ3) is 5.18. The summed E-state index contributed by atoms with van der Waals surface area (Å²) in [6.45, 7) is 2.13. The molecule has 5 aromatic rings. The number of aryl methyl sites for hydroxylation is 1. The van der Waals surface area contributed by atoms with Crippen LogP contribution in [0.4, 0.5) is 23.0 Å². The van der Waals surface area contributed by atoms with E-state index in [4.69, 9.17) is 0 Å². The van der Waals surface area contributed by atoms with E-state index in [2.05, 4.69) is 36.2 Å². The molecular weight excluding hydrogens is 448 g/mol. The minimum atomic E-state index is -0.116. The third-order valence-corrected chi connectivity index (χ3v) is 5.76. The first-order valence-electron chi connectivity index (χ1n) is 10.6. The van der Waals surface area contributed by atoms with Gasteiger partial charge in [-0.25, -0.2) is 9.50 Å². The van der Waals surface area contributed by atoms with Crippen molar-refractivity contribution in [2.24, 2.45) is 0 Å². The zero-order valence-corrected chi connectivity index (χ0v) is 19.1. The van der Waals surface area contributed by atoms with Crippen molar-refractivity contribution < 1.29 is 4.79 Å². The highest BCUT2D eigenvalue weighted by atomic mass is 32.2. The summed E-state index contributed by atoms with van der Waals surface area (Å²) in [5.74, 6) is 1.25. The zero-order chi connectivity index (χ0) is 23.3. The summed E-state index contributed by atoms with van der Waals surface area (Å²) in [5, 5.41) is 21.6. The van der Waals surface area contributed by atoms with E-state index in [1.807, 2.05) is 85.9 Å². The third-order valence-electron chi connectivity index (χ3n) is 4.90. The molecule has 5 rings (SSSR count). The van der Waals surface area contributed by atoms with Gasteiger partial charge in [0.1, 0.15) is 5.52 Å². The summed E-state index contributed by atoms with van der Waals surface area (Å²) in [6.07, 6.45) is 1.88. The quantitative estimate of drug-likeness (QED) is 0.260. The largest absolute Gasteiger partial charge is 0.376 e. The number of carbonyl (C=O) groups excluding carboxylic acids is 1. The van der Waals surface area contributed by atoms with Gasteiger partial charge in [0, 0.05) is 34.2 Å². The predicted molar refractivity (Wildman–Crippen MR) is 134 cm³/mol. The summed E-state index contributed by atoms with van der Waals surface area (Å²) in [6, 6.07) is 23.0. The average Bonchev–Trinajstić information content (AvgIpc) is 3.48. The fourth-order valence-electron chi connectivity index (χ4n) is 3.31. The Morgan fingerprint density at radius 3 is 2.62 bits per heavy atom. The van der Waals surface area contributed by atoms with E-state index in [0.29, 0.717) is 16.8 Å².